The molecular weight excluding hydrogens is 360 g/mol. The number of benzene rings is 2. The molecule has 4 heteroatoms. The molecule has 1 saturated heterocycles. The van der Waals surface area contributed by atoms with Crippen LogP contribution in [0.2, 0.25) is 0 Å². The number of aryl methyl sites for hydroxylation is 1. The van der Waals surface area contributed by atoms with Crippen LogP contribution in [0.15, 0.2) is 42.5 Å². The molecule has 0 aromatic heterocycles. The lowest BCUT2D eigenvalue weighted by molar-refractivity contribution is -0.127. The van der Waals surface area contributed by atoms with Crippen molar-refractivity contribution < 1.29 is 9.53 Å². The number of rotatable bonds is 6. The number of nitrogens with one attached hydrogen (secondary N) is 1. The van der Waals surface area contributed by atoms with Gasteiger partial charge in [0, 0.05) is 18.8 Å². The number of hydrogen-bond acceptors (Lipinski definition) is 3. The Hall–Kier alpha value is -2.49. The second-order valence-electron chi connectivity index (χ2n) is 8.45. The van der Waals surface area contributed by atoms with Crippen LogP contribution in [-0.2, 0) is 4.79 Å². The Morgan fingerprint density at radius 1 is 1.07 bits per heavy atom. The topological polar surface area (TPSA) is 41.6 Å². The van der Waals surface area contributed by atoms with Crippen molar-refractivity contribution >= 4 is 11.6 Å². The van der Waals surface area contributed by atoms with Crippen LogP contribution in [0, 0.1) is 19.8 Å². The SMILES string of the molecule is Cc1cccc(O[C@@H](C)C(=O)N[C@@H](C)c2ccc(N3CCC(C)CC3)cc2)c1C. The van der Waals surface area contributed by atoms with E-state index in [9.17, 15) is 4.79 Å². The maximum atomic E-state index is 12.6. The molecule has 2 atom stereocenters. The molecule has 1 fully saturated rings. The predicted molar refractivity (Wildman–Crippen MR) is 120 cm³/mol. The van der Waals surface area contributed by atoms with E-state index in [4.69, 9.17) is 4.74 Å². The highest BCUT2D eigenvalue weighted by Crippen LogP contribution is 2.25. The van der Waals surface area contributed by atoms with Crippen molar-refractivity contribution in [3.63, 3.8) is 0 Å². The Bertz CT molecular complexity index is 823. The molecule has 0 radical (unpaired) electrons. The minimum atomic E-state index is -0.549. The first-order valence-corrected chi connectivity index (χ1v) is 10.7. The molecule has 0 unspecified atom stereocenters. The van der Waals surface area contributed by atoms with Gasteiger partial charge >= 0.3 is 0 Å². The van der Waals surface area contributed by atoms with Crippen molar-refractivity contribution in [3.05, 3.63) is 59.2 Å². The van der Waals surface area contributed by atoms with Crippen LogP contribution < -0.4 is 15.0 Å². The minimum absolute atomic E-state index is 0.0671. The number of anilines is 1. The normalized spacial score (nSPS) is 16.9. The van der Waals surface area contributed by atoms with E-state index in [1.54, 1.807) is 6.92 Å². The highest BCUT2D eigenvalue weighted by molar-refractivity contribution is 5.81. The van der Waals surface area contributed by atoms with Crippen molar-refractivity contribution in [2.24, 2.45) is 5.92 Å². The molecule has 2 aromatic rings. The van der Waals surface area contributed by atoms with Gasteiger partial charge in [-0.25, -0.2) is 0 Å². The van der Waals surface area contributed by atoms with E-state index < -0.39 is 6.10 Å². The number of ether oxygens (including phenoxy) is 1. The van der Waals surface area contributed by atoms with Gasteiger partial charge in [-0.1, -0.05) is 31.2 Å². The molecule has 1 aliphatic rings. The van der Waals surface area contributed by atoms with E-state index in [2.05, 4.69) is 41.4 Å². The highest BCUT2D eigenvalue weighted by Gasteiger charge is 2.20. The van der Waals surface area contributed by atoms with Crippen LogP contribution in [0.25, 0.3) is 0 Å². The molecule has 1 amide bonds. The summed E-state index contributed by atoms with van der Waals surface area (Å²) in [5.74, 6) is 1.49. The average molecular weight is 395 g/mol. The maximum absolute atomic E-state index is 12.6. The van der Waals surface area contributed by atoms with E-state index in [-0.39, 0.29) is 11.9 Å². The van der Waals surface area contributed by atoms with Crippen LogP contribution >= 0.6 is 0 Å². The van der Waals surface area contributed by atoms with Gasteiger partial charge < -0.3 is 15.0 Å². The average Bonchev–Trinajstić information content (AvgIpc) is 2.72. The molecule has 1 heterocycles. The Morgan fingerprint density at radius 3 is 2.38 bits per heavy atom. The molecule has 0 saturated carbocycles. The Morgan fingerprint density at radius 2 is 1.72 bits per heavy atom. The van der Waals surface area contributed by atoms with Crippen LogP contribution in [-0.4, -0.2) is 25.1 Å². The monoisotopic (exact) mass is 394 g/mol. The summed E-state index contributed by atoms with van der Waals surface area (Å²) in [7, 11) is 0. The molecule has 4 nitrogen and oxygen atoms in total. The standard InChI is InChI=1S/C25H34N2O2/c1-17-13-15-27(16-14-17)23-11-9-22(10-12-23)20(4)26-25(28)21(5)29-24-8-6-7-18(2)19(24)3/h6-12,17,20-21H,13-16H2,1-5H3,(H,26,28)/t20-,21-/m0/s1. The Balaban J connectivity index is 1.56. The second-order valence-corrected chi connectivity index (χ2v) is 8.45. The van der Waals surface area contributed by atoms with E-state index in [0.29, 0.717) is 0 Å². The lowest BCUT2D eigenvalue weighted by Gasteiger charge is -2.32. The van der Waals surface area contributed by atoms with Gasteiger partial charge in [-0.3, -0.25) is 4.79 Å². The molecule has 1 aliphatic heterocycles. The van der Waals surface area contributed by atoms with Gasteiger partial charge in [0.2, 0.25) is 0 Å². The molecule has 3 rings (SSSR count). The van der Waals surface area contributed by atoms with Gasteiger partial charge in [0.1, 0.15) is 5.75 Å². The van der Waals surface area contributed by atoms with E-state index >= 15 is 0 Å². The molecule has 0 aliphatic carbocycles. The van der Waals surface area contributed by atoms with E-state index in [1.165, 1.54) is 18.5 Å². The van der Waals surface area contributed by atoms with Gasteiger partial charge in [0.15, 0.2) is 6.10 Å². The number of hydrogen-bond donors (Lipinski definition) is 1. The first kappa shape index (κ1) is 21.2. The summed E-state index contributed by atoms with van der Waals surface area (Å²) in [5.41, 5.74) is 4.60. The van der Waals surface area contributed by atoms with Gasteiger partial charge in [0.25, 0.3) is 5.91 Å². The van der Waals surface area contributed by atoms with E-state index in [0.717, 1.165) is 41.4 Å². The highest BCUT2D eigenvalue weighted by atomic mass is 16.5. The molecule has 1 N–H and O–H groups in total. The van der Waals surface area contributed by atoms with Gasteiger partial charge in [-0.05, 0) is 81.3 Å². The summed E-state index contributed by atoms with van der Waals surface area (Å²) in [6, 6.07) is 14.4. The zero-order chi connectivity index (χ0) is 21.0. The van der Waals surface area contributed by atoms with Crippen LogP contribution in [0.3, 0.4) is 0 Å². The second kappa shape index (κ2) is 9.34. The van der Waals surface area contributed by atoms with Crippen molar-refractivity contribution in [1.29, 1.82) is 0 Å². The van der Waals surface area contributed by atoms with Crippen LogP contribution in [0.4, 0.5) is 5.69 Å². The lowest BCUT2D eigenvalue weighted by Crippen LogP contribution is -2.38. The van der Waals surface area contributed by atoms with Crippen LogP contribution in [0.1, 0.15) is 56.3 Å². The molecule has 29 heavy (non-hydrogen) atoms. The van der Waals surface area contributed by atoms with Crippen molar-refractivity contribution in [2.45, 2.75) is 59.6 Å². The molecule has 156 valence electrons. The summed E-state index contributed by atoms with van der Waals surface area (Å²) in [6.07, 6.45) is 1.96. The minimum Gasteiger partial charge on any atom is -0.481 e. The summed E-state index contributed by atoms with van der Waals surface area (Å²) in [6.45, 7) is 12.5. The maximum Gasteiger partial charge on any atom is 0.261 e. The molecule has 2 aromatic carbocycles. The number of piperidine rings is 1. The first-order chi connectivity index (χ1) is 13.8. The van der Waals surface area contributed by atoms with Gasteiger partial charge in [-0.2, -0.15) is 0 Å². The zero-order valence-electron chi connectivity index (χ0n) is 18.4. The van der Waals surface area contributed by atoms with Crippen molar-refractivity contribution in [1.82, 2.24) is 5.32 Å². The van der Waals surface area contributed by atoms with Gasteiger partial charge in [-0.15, -0.1) is 0 Å². The fraction of sp³-hybridized carbons (Fsp3) is 0.480. The lowest BCUT2D eigenvalue weighted by atomic mass is 9.98. The largest absolute Gasteiger partial charge is 0.481 e. The summed E-state index contributed by atoms with van der Waals surface area (Å²) in [4.78, 5) is 15.1. The van der Waals surface area contributed by atoms with Crippen molar-refractivity contribution in [3.8, 4) is 5.75 Å². The molecular formula is C25H34N2O2. The first-order valence-electron chi connectivity index (χ1n) is 10.7. The third-order valence-corrected chi connectivity index (χ3v) is 6.13. The number of nitrogens with zero attached hydrogens (tertiary/aromatic N) is 1. The number of amides is 1. The third-order valence-electron chi connectivity index (χ3n) is 6.13. The zero-order valence-corrected chi connectivity index (χ0v) is 18.4. The smallest absolute Gasteiger partial charge is 0.261 e. The molecule has 0 bridgehead atoms. The third kappa shape index (κ3) is 5.31. The summed E-state index contributed by atoms with van der Waals surface area (Å²) >= 11 is 0. The van der Waals surface area contributed by atoms with Gasteiger partial charge in [0.05, 0.1) is 6.04 Å². The quantitative estimate of drug-likeness (QED) is 0.733. The van der Waals surface area contributed by atoms with Crippen molar-refractivity contribution in [2.75, 3.05) is 18.0 Å². The number of carbonyl (C=O) groups excluding carboxylic acids is 1. The Labute approximate surface area is 175 Å². The molecule has 0 spiro atoms. The fourth-order valence-corrected chi connectivity index (χ4v) is 3.75. The number of carbonyl (C=O) groups is 1. The Kier molecular flexibility index (Phi) is 6.83. The summed E-state index contributed by atoms with van der Waals surface area (Å²) < 4.78 is 5.91. The predicted octanol–water partition coefficient (Wildman–Crippen LogP) is 5.18. The summed E-state index contributed by atoms with van der Waals surface area (Å²) in [5, 5.41) is 3.08. The van der Waals surface area contributed by atoms with Crippen LogP contribution in [0.5, 0.6) is 5.75 Å². The van der Waals surface area contributed by atoms with E-state index in [1.807, 2.05) is 39.0 Å². The fourth-order valence-electron chi connectivity index (χ4n) is 3.75.